The second-order valence-corrected chi connectivity index (χ2v) is 3.69. The first-order valence-electron chi connectivity index (χ1n) is 5.64. The van der Waals surface area contributed by atoms with Crippen molar-refractivity contribution in [2.75, 3.05) is 18.5 Å². The zero-order valence-electron chi connectivity index (χ0n) is 10.8. The molecule has 0 spiro atoms. The second kappa shape index (κ2) is 6.77. The molecule has 0 aliphatic heterocycles. The van der Waals surface area contributed by atoms with Crippen molar-refractivity contribution in [1.82, 2.24) is 0 Å². The molecule has 1 amide bonds. The van der Waals surface area contributed by atoms with E-state index in [1.807, 2.05) is 5.32 Å². The molecule has 0 bridgehead atoms. The number of hydrogen-bond acceptors (Lipinski definition) is 5. The van der Waals surface area contributed by atoms with Gasteiger partial charge in [-0.2, -0.15) is 13.2 Å². The Bertz CT molecular complexity index is 533. The molecule has 1 aromatic rings. The van der Waals surface area contributed by atoms with Crippen LogP contribution < -0.4 is 10.1 Å². The van der Waals surface area contributed by atoms with Crippen LogP contribution in [0.3, 0.4) is 0 Å². The molecule has 0 saturated carbocycles. The minimum absolute atomic E-state index is 0.193. The lowest BCUT2D eigenvalue weighted by Gasteiger charge is -2.10. The van der Waals surface area contributed by atoms with Gasteiger partial charge in [0.1, 0.15) is 11.4 Å². The van der Waals surface area contributed by atoms with Crippen LogP contribution in [0.25, 0.3) is 0 Å². The summed E-state index contributed by atoms with van der Waals surface area (Å²) in [4.78, 5) is 21.2. The zero-order valence-corrected chi connectivity index (χ0v) is 10.8. The lowest BCUT2D eigenvalue weighted by Crippen LogP contribution is -2.23. The molecule has 0 aromatic heterocycles. The Labute approximate surface area is 116 Å². The Morgan fingerprint density at radius 1 is 1.43 bits per heavy atom. The maximum atomic E-state index is 11.9. The fraction of sp³-hybridized carbons (Fsp3) is 0.364. The van der Waals surface area contributed by atoms with E-state index < -0.39 is 29.5 Å². The Balaban J connectivity index is 2.82. The summed E-state index contributed by atoms with van der Waals surface area (Å²) in [7, 11) is 0. The Hall–Kier alpha value is -2.52. The summed E-state index contributed by atoms with van der Waals surface area (Å²) in [6, 6.07) is 3.51. The van der Waals surface area contributed by atoms with Crippen LogP contribution in [0.4, 0.5) is 29.3 Å². The van der Waals surface area contributed by atoms with Gasteiger partial charge in [-0.05, 0) is 19.1 Å². The van der Waals surface area contributed by atoms with Crippen molar-refractivity contribution in [2.45, 2.75) is 13.1 Å². The van der Waals surface area contributed by atoms with Crippen LogP contribution in [0.2, 0.25) is 0 Å². The van der Waals surface area contributed by atoms with Gasteiger partial charge in [0.15, 0.2) is 6.61 Å². The minimum Gasteiger partial charge on any atom is -0.494 e. The van der Waals surface area contributed by atoms with Gasteiger partial charge in [-0.25, -0.2) is 4.79 Å². The highest BCUT2D eigenvalue weighted by atomic mass is 19.4. The van der Waals surface area contributed by atoms with Crippen LogP contribution in [0.5, 0.6) is 5.75 Å². The van der Waals surface area contributed by atoms with E-state index in [1.54, 1.807) is 6.92 Å². The summed E-state index contributed by atoms with van der Waals surface area (Å²) >= 11 is 0. The number of amides is 1. The van der Waals surface area contributed by atoms with E-state index >= 15 is 0 Å². The third-order valence-electron chi connectivity index (χ3n) is 2.08. The number of nitrogens with one attached hydrogen (secondary N) is 1. The van der Waals surface area contributed by atoms with E-state index in [4.69, 9.17) is 4.74 Å². The summed E-state index contributed by atoms with van der Waals surface area (Å²) in [6.45, 7) is 0.160. The normalized spacial score (nSPS) is 10.9. The van der Waals surface area contributed by atoms with Crippen molar-refractivity contribution >= 4 is 17.5 Å². The van der Waals surface area contributed by atoms with Gasteiger partial charge in [-0.15, -0.1) is 0 Å². The number of anilines is 1. The number of nitro groups is 1. The highest BCUT2D eigenvalue weighted by Gasteiger charge is 2.30. The van der Waals surface area contributed by atoms with Crippen molar-refractivity contribution in [3.63, 3.8) is 0 Å². The smallest absolute Gasteiger partial charge is 0.422 e. The van der Waals surface area contributed by atoms with Crippen LogP contribution in [0, 0.1) is 10.1 Å². The summed E-state index contributed by atoms with van der Waals surface area (Å²) in [5, 5.41) is 12.7. The van der Waals surface area contributed by atoms with Gasteiger partial charge in [0.25, 0.3) is 5.69 Å². The van der Waals surface area contributed by atoms with Crippen LogP contribution >= 0.6 is 0 Å². The number of carbonyl (C=O) groups excluding carboxylic acids is 1. The predicted octanol–water partition coefficient (Wildman–Crippen LogP) is 3.10. The predicted molar refractivity (Wildman–Crippen MR) is 65.3 cm³/mol. The van der Waals surface area contributed by atoms with Crippen LogP contribution in [-0.4, -0.2) is 30.4 Å². The van der Waals surface area contributed by atoms with E-state index in [0.29, 0.717) is 0 Å². The fourth-order valence-corrected chi connectivity index (χ4v) is 1.32. The zero-order chi connectivity index (χ0) is 16.0. The first-order valence-corrected chi connectivity index (χ1v) is 5.64. The molecule has 1 N–H and O–H groups in total. The molecule has 0 aliphatic rings. The van der Waals surface area contributed by atoms with Gasteiger partial charge in [-0.3, -0.25) is 15.4 Å². The summed E-state index contributed by atoms with van der Waals surface area (Å²) < 4.78 is 44.6. The van der Waals surface area contributed by atoms with Crippen molar-refractivity contribution in [3.8, 4) is 5.75 Å². The molecule has 0 fully saturated rings. The summed E-state index contributed by atoms with van der Waals surface area (Å²) in [5.74, 6) is 0.193. The average Bonchev–Trinajstić information content (AvgIpc) is 2.37. The molecule has 0 saturated heterocycles. The standard InChI is InChI=1S/C11H11F3N2O5/c1-2-20-7-3-4-8(9(5-7)16(18)19)15-10(17)21-6-11(12,13)14/h3-5H,2,6H2,1H3,(H,15,17). The van der Waals surface area contributed by atoms with Gasteiger partial charge in [-0.1, -0.05) is 0 Å². The number of ether oxygens (including phenoxy) is 2. The number of alkyl halides is 3. The lowest BCUT2D eigenvalue weighted by atomic mass is 10.2. The number of carbonyl (C=O) groups is 1. The van der Waals surface area contributed by atoms with Crippen molar-refractivity contribution in [3.05, 3.63) is 28.3 Å². The number of benzene rings is 1. The number of hydrogen-bond donors (Lipinski definition) is 1. The van der Waals surface area contributed by atoms with Crippen LogP contribution in [0.1, 0.15) is 6.92 Å². The number of rotatable bonds is 5. The highest BCUT2D eigenvalue weighted by molar-refractivity contribution is 5.88. The molecule has 0 radical (unpaired) electrons. The topological polar surface area (TPSA) is 90.7 Å². The average molecular weight is 308 g/mol. The molecule has 0 unspecified atom stereocenters. The molecule has 21 heavy (non-hydrogen) atoms. The molecule has 10 heteroatoms. The van der Waals surface area contributed by atoms with Gasteiger partial charge < -0.3 is 9.47 Å². The summed E-state index contributed by atoms with van der Waals surface area (Å²) in [5.41, 5.74) is -0.819. The molecule has 0 heterocycles. The van der Waals surface area contributed by atoms with E-state index in [9.17, 15) is 28.1 Å². The van der Waals surface area contributed by atoms with E-state index in [-0.39, 0.29) is 18.0 Å². The van der Waals surface area contributed by atoms with Gasteiger partial charge >= 0.3 is 12.3 Å². The Kier molecular flexibility index (Phi) is 5.33. The molecular formula is C11H11F3N2O5. The largest absolute Gasteiger partial charge is 0.494 e. The number of nitro benzene ring substituents is 1. The molecule has 116 valence electrons. The van der Waals surface area contributed by atoms with E-state index in [1.165, 1.54) is 6.07 Å². The van der Waals surface area contributed by atoms with Crippen molar-refractivity contribution < 1.29 is 32.4 Å². The number of nitrogens with zero attached hydrogens (tertiary/aromatic N) is 1. The monoisotopic (exact) mass is 308 g/mol. The Morgan fingerprint density at radius 2 is 2.10 bits per heavy atom. The third-order valence-corrected chi connectivity index (χ3v) is 2.08. The minimum atomic E-state index is -4.68. The molecular weight excluding hydrogens is 297 g/mol. The second-order valence-electron chi connectivity index (χ2n) is 3.69. The SMILES string of the molecule is CCOc1ccc(NC(=O)OCC(F)(F)F)c([N+](=O)[O-])c1. The van der Waals surface area contributed by atoms with Crippen LogP contribution in [0.15, 0.2) is 18.2 Å². The fourth-order valence-electron chi connectivity index (χ4n) is 1.32. The quantitative estimate of drug-likeness (QED) is 0.666. The van der Waals surface area contributed by atoms with E-state index in [0.717, 1.165) is 12.1 Å². The van der Waals surface area contributed by atoms with Crippen molar-refractivity contribution in [2.24, 2.45) is 0 Å². The summed E-state index contributed by atoms with van der Waals surface area (Å²) in [6.07, 6.45) is -6.12. The maximum absolute atomic E-state index is 11.9. The molecule has 1 rings (SSSR count). The molecule has 1 aromatic carbocycles. The first kappa shape index (κ1) is 16.5. The van der Waals surface area contributed by atoms with Crippen molar-refractivity contribution in [1.29, 1.82) is 0 Å². The lowest BCUT2D eigenvalue weighted by molar-refractivity contribution is -0.384. The van der Waals surface area contributed by atoms with Gasteiger partial charge in [0.2, 0.25) is 0 Å². The highest BCUT2D eigenvalue weighted by Crippen LogP contribution is 2.29. The third kappa shape index (κ3) is 5.55. The van der Waals surface area contributed by atoms with E-state index in [2.05, 4.69) is 4.74 Å². The Morgan fingerprint density at radius 3 is 2.62 bits per heavy atom. The van der Waals surface area contributed by atoms with Gasteiger partial charge in [0, 0.05) is 0 Å². The number of halogens is 3. The molecule has 0 aliphatic carbocycles. The first-order chi connectivity index (χ1) is 9.73. The molecule has 0 atom stereocenters. The van der Waals surface area contributed by atoms with Gasteiger partial charge in [0.05, 0.1) is 17.6 Å². The maximum Gasteiger partial charge on any atom is 0.422 e. The molecule has 7 nitrogen and oxygen atoms in total. The van der Waals surface area contributed by atoms with Crippen LogP contribution in [-0.2, 0) is 4.74 Å².